The van der Waals surface area contributed by atoms with Gasteiger partial charge in [0.05, 0.1) is 56.4 Å². The minimum absolute atomic E-state index is 0.589. The van der Waals surface area contributed by atoms with Crippen LogP contribution < -0.4 is 0 Å². The predicted octanol–water partition coefficient (Wildman–Crippen LogP) is 10.7. The first-order valence-corrected chi connectivity index (χ1v) is 16.2. The Morgan fingerprint density at radius 1 is 0.347 bits per heavy atom. The second kappa shape index (κ2) is 10.2. The molecule has 0 atom stereocenters. The van der Waals surface area contributed by atoms with Crippen LogP contribution in [0.4, 0.5) is 0 Å². The van der Waals surface area contributed by atoms with Crippen LogP contribution in [0.2, 0.25) is 0 Å². The van der Waals surface area contributed by atoms with Crippen molar-refractivity contribution in [2.45, 2.75) is 0 Å². The highest BCUT2D eigenvalue weighted by Gasteiger charge is 2.21. The molecule has 0 radical (unpaired) electrons. The Morgan fingerprint density at radius 3 is 1.53 bits per heavy atom. The summed E-state index contributed by atoms with van der Waals surface area (Å²) in [5, 5.41) is 26.1. The van der Waals surface area contributed by atoms with Gasteiger partial charge in [0, 0.05) is 49.4 Å². The van der Waals surface area contributed by atoms with Gasteiger partial charge in [0.15, 0.2) is 0 Å². The summed E-state index contributed by atoms with van der Waals surface area (Å²) >= 11 is 0. The van der Waals surface area contributed by atoms with Crippen molar-refractivity contribution >= 4 is 65.4 Å². The van der Waals surface area contributed by atoms with Gasteiger partial charge in [-0.15, -0.1) is 0 Å². The summed E-state index contributed by atoms with van der Waals surface area (Å²) in [5.41, 5.74) is 10.9. The third-order valence-corrected chi connectivity index (χ3v) is 9.85. The molecule has 10 rings (SSSR count). The largest absolute Gasteiger partial charge is 0.309 e. The molecule has 0 unspecified atom stereocenters. The Balaban J connectivity index is 1.31. The first-order valence-electron chi connectivity index (χ1n) is 16.2. The SMILES string of the molecule is N#Cc1ccc2c(c1)c1cc(C#N)ccc1n2-c1cccc(-n2c3ccccc3c3ccc4c(c5ccccc5n4-c4ccccc4)c32)c1. The Morgan fingerprint density at radius 2 is 0.857 bits per heavy atom. The van der Waals surface area contributed by atoms with E-state index in [1.54, 1.807) is 0 Å². The van der Waals surface area contributed by atoms with Crippen LogP contribution in [-0.4, -0.2) is 13.7 Å². The standard InChI is InChI=1S/C44H25N5/c45-26-28-17-20-40-36(23-28)37-24-29(27-46)18-21-41(37)48(40)31-11-8-12-32(25-31)49-38-15-6-4-13-33(38)34-19-22-42-43(44(34)49)35-14-5-7-16-39(35)47(42)30-9-2-1-3-10-30/h1-25H. The van der Waals surface area contributed by atoms with Gasteiger partial charge < -0.3 is 13.7 Å². The van der Waals surface area contributed by atoms with Crippen LogP contribution in [0.25, 0.3) is 82.5 Å². The van der Waals surface area contributed by atoms with Gasteiger partial charge in [-0.2, -0.15) is 10.5 Å². The Bertz CT molecular complexity index is 3000. The molecule has 0 N–H and O–H groups in total. The molecule has 3 aromatic heterocycles. The van der Waals surface area contributed by atoms with Crippen molar-refractivity contribution in [2.24, 2.45) is 0 Å². The molecule has 0 fully saturated rings. The Kier molecular flexibility index (Phi) is 5.64. The molecular weight excluding hydrogens is 599 g/mol. The summed E-state index contributed by atoms with van der Waals surface area (Å²) in [6.45, 7) is 0. The molecule has 226 valence electrons. The Hall–Kier alpha value is -7.08. The lowest BCUT2D eigenvalue weighted by molar-refractivity contribution is 1.14. The van der Waals surface area contributed by atoms with Gasteiger partial charge in [0.2, 0.25) is 0 Å². The molecule has 0 spiro atoms. The van der Waals surface area contributed by atoms with E-state index in [-0.39, 0.29) is 0 Å². The number of rotatable bonds is 3. The van der Waals surface area contributed by atoms with E-state index in [0.717, 1.165) is 49.9 Å². The lowest BCUT2D eigenvalue weighted by Gasteiger charge is -2.13. The average Bonchev–Trinajstić information content (AvgIpc) is 3.80. The molecule has 0 bridgehead atoms. The third-order valence-electron chi connectivity index (χ3n) is 9.85. The van der Waals surface area contributed by atoms with E-state index < -0.39 is 0 Å². The van der Waals surface area contributed by atoms with E-state index >= 15 is 0 Å². The van der Waals surface area contributed by atoms with Crippen molar-refractivity contribution in [3.05, 3.63) is 163 Å². The molecule has 0 aliphatic rings. The third kappa shape index (κ3) is 3.79. The van der Waals surface area contributed by atoms with Gasteiger partial charge in [-0.05, 0) is 84.9 Å². The zero-order chi connectivity index (χ0) is 32.6. The Labute approximate surface area is 280 Å². The van der Waals surface area contributed by atoms with Crippen LogP contribution in [0.1, 0.15) is 11.1 Å². The summed E-state index contributed by atoms with van der Waals surface area (Å²) in [5.74, 6) is 0. The molecule has 3 heterocycles. The summed E-state index contributed by atoms with van der Waals surface area (Å²) in [6.07, 6.45) is 0. The number of fused-ring (bicyclic) bond motifs is 10. The minimum Gasteiger partial charge on any atom is -0.309 e. The van der Waals surface area contributed by atoms with E-state index in [9.17, 15) is 10.5 Å². The molecule has 10 aromatic rings. The second-order valence-electron chi connectivity index (χ2n) is 12.4. The van der Waals surface area contributed by atoms with E-state index in [1.807, 2.05) is 36.4 Å². The number of hydrogen-bond acceptors (Lipinski definition) is 2. The van der Waals surface area contributed by atoms with Crippen LogP contribution in [0.15, 0.2) is 152 Å². The monoisotopic (exact) mass is 623 g/mol. The van der Waals surface area contributed by atoms with Crippen molar-refractivity contribution in [1.82, 2.24) is 13.7 Å². The highest BCUT2D eigenvalue weighted by Crippen LogP contribution is 2.42. The zero-order valence-electron chi connectivity index (χ0n) is 26.2. The smallest absolute Gasteiger partial charge is 0.0991 e. The van der Waals surface area contributed by atoms with Gasteiger partial charge in [-0.1, -0.05) is 66.7 Å². The lowest BCUT2D eigenvalue weighted by atomic mass is 10.1. The number of hydrogen-bond donors (Lipinski definition) is 0. The number of nitrogens with zero attached hydrogens (tertiary/aromatic N) is 5. The molecule has 0 aliphatic carbocycles. The van der Waals surface area contributed by atoms with Crippen molar-refractivity contribution in [3.8, 4) is 29.2 Å². The van der Waals surface area contributed by atoms with Crippen molar-refractivity contribution in [1.29, 1.82) is 10.5 Å². The minimum atomic E-state index is 0.589. The fourth-order valence-corrected chi connectivity index (χ4v) is 7.84. The molecule has 0 saturated heterocycles. The second-order valence-corrected chi connectivity index (χ2v) is 12.4. The zero-order valence-corrected chi connectivity index (χ0v) is 26.2. The molecule has 5 nitrogen and oxygen atoms in total. The van der Waals surface area contributed by atoms with Crippen LogP contribution >= 0.6 is 0 Å². The number of aromatic nitrogens is 3. The molecule has 7 aromatic carbocycles. The molecule has 0 aliphatic heterocycles. The number of para-hydroxylation sites is 3. The van der Waals surface area contributed by atoms with Crippen molar-refractivity contribution in [2.75, 3.05) is 0 Å². The fraction of sp³-hybridized carbons (Fsp3) is 0. The van der Waals surface area contributed by atoms with Gasteiger partial charge >= 0.3 is 0 Å². The number of nitriles is 2. The quantitative estimate of drug-likeness (QED) is 0.197. The molecule has 0 amide bonds. The van der Waals surface area contributed by atoms with Crippen LogP contribution in [-0.2, 0) is 0 Å². The molecule has 0 saturated carbocycles. The predicted molar refractivity (Wildman–Crippen MR) is 199 cm³/mol. The highest BCUT2D eigenvalue weighted by molar-refractivity contribution is 6.26. The van der Waals surface area contributed by atoms with E-state index in [0.29, 0.717) is 11.1 Å². The summed E-state index contributed by atoms with van der Waals surface area (Å²) in [4.78, 5) is 0. The normalized spacial score (nSPS) is 11.6. The van der Waals surface area contributed by atoms with Crippen LogP contribution in [0.5, 0.6) is 0 Å². The fourth-order valence-electron chi connectivity index (χ4n) is 7.84. The van der Waals surface area contributed by atoms with Gasteiger partial charge in [0.1, 0.15) is 0 Å². The summed E-state index contributed by atoms with van der Waals surface area (Å²) < 4.78 is 7.01. The maximum absolute atomic E-state index is 9.70. The van der Waals surface area contributed by atoms with E-state index in [1.165, 1.54) is 32.6 Å². The van der Waals surface area contributed by atoms with Crippen molar-refractivity contribution in [3.63, 3.8) is 0 Å². The summed E-state index contributed by atoms with van der Waals surface area (Å²) in [7, 11) is 0. The summed E-state index contributed by atoms with van der Waals surface area (Å²) in [6, 6.07) is 57.3. The topological polar surface area (TPSA) is 62.4 Å². The maximum atomic E-state index is 9.70. The molecular formula is C44H25N5. The first-order chi connectivity index (χ1) is 24.2. The van der Waals surface area contributed by atoms with Gasteiger partial charge in [-0.25, -0.2) is 0 Å². The van der Waals surface area contributed by atoms with Crippen LogP contribution in [0.3, 0.4) is 0 Å². The molecule has 5 heteroatoms. The average molecular weight is 624 g/mol. The van der Waals surface area contributed by atoms with Crippen LogP contribution in [0, 0.1) is 22.7 Å². The number of benzene rings is 7. The molecule has 49 heavy (non-hydrogen) atoms. The highest BCUT2D eigenvalue weighted by atomic mass is 15.0. The van der Waals surface area contributed by atoms with E-state index in [4.69, 9.17) is 0 Å². The maximum Gasteiger partial charge on any atom is 0.0991 e. The lowest BCUT2D eigenvalue weighted by Crippen LogP contribution is -1.99. The van der Waals surface area contributed by atoms with E-state index in [2.05, 4.69) is 141 Å². The first kappa shape index (κ1) is 27.1. The van der Waals surface area contributed by atoms with Gasteiger partial charge in [-0.3, -0.25) is 0 Å². The van der Waals surface area contributed by atoms with Gasteiger partial charge in [0.25, 0.3) is 0 Å². The van der Waals surface area contributed by atoms with Crippen molar-refractivity contribution < 1.29 is 0 Å².